The number of carbonyl (C=O) groups is 1. The Hall–Kier alpha value is -0.870. The van der Waals surface area contributed by atoms with Gasteiger partial charge in [-0.05, 0) is 26.2 Å². The number of aromatic nitrogens is 2. The van der Waals surface area contributed by atoms with Gasteiger partial charge < -0.3 is 4.74 Å². The van der Waals surface area contributed by atoms with Crippen LogP contribution in [0.3, 0.4) is 0 Å². The van der Waals surface area contributed by atoms with Gasteiger partial charge in [0.25, 0.3) is 0 Å². The minimum Gasteiger partial charge on any atom is -0.367 e. The summed E-state index contributed by atoms with van der Waals surface area (Å²) < 4.78 is 7.62. The number of aryl methyl sites for hydroxylation is 1. The van der Waals surface area contributed by atoms with Crippen LogP contribution in [-0.4, -0.2) is 27.8 Å². The Kier molecular flexibility index (Phi) is 5.22. The lowest BCUT2D eigenvalue weighted by Crippen LogP contribution is -2.44. The first-order valence-electron chi connectivity index (χ1n) is 7.54. The molecule has 0 amide bonds. The monoisotopic (exact) mass is 298 g/mol. The fourth-order valence-electron chi connectivity index (χ4n) is 3.02. The van der Waals surface area contributed by atoms with Gasteiger partial charge in [-0.2, -0.15) is 5.10 Å². The summed E-state index contributed by atoms with van der Waals surface area (Å²) >= 11 is 6.20. The smallest absolute Gasteiger partial charge is 0.214 e. The highest BCUT2D eigenvalue weighted by Crippen LogP contribution is 2.36. The number of ketones is 1. The van der Waals surface area contributed by atoms with Gasteiger partial charge in [0.2, 0.25) is 5.78 Å². The molecule has 0 unspecified atom stereocenters. The Morgan fingerprint density at radius 3 is 2.70 bits per heavy atom. The van der Waals surface area contributed by atoms with Gasteiger partial charge >= 0.3 is 0 Å². The van der Waals surface area contributed by atoms with Crippen molar-refractivity contribution in [2.24, 2.45) is 0 Å². The molecule has 0 N–H and O–H groups in total. The zero-order chi connectivity index (χ0) is 14.6. The van der Waals surface area contributed by atoms with E-state index in [1.54, 1.807) is 10.9 Å². The standard InChI is InChI=1S/C15H23ClN2O2/c1-3-10-18-13(12(16)11-17-18)14(19)15(20-4-2)8-6-5-7-9-15/h11H,3-10H2,1-2H3. The van der Waals surface area contributed by atoms with Crippen molar-refractivity contribution < 1.29 is 9.53 Å². The maximum Gasteiger partial charge on any atom is 0.214 e. The molecule has 0 atom stereocenters. The van der Waals surface area contributed by atoms with E-state index < -0.39 is 5.60 Å². The lowest BCUT2D eigenvalue weighted by Gasteiger charge is -2.35. The number of Topliss-reactive ketones (excluding diaryl/α,β-unsaturated/α-hetero) is 1. The summed E-state index contributed by atoms with van der Waals surface area (Å²) in [6.07, 6.45) is 7.29. The molecule has 0 aliphatic heterocycles. The highest BCUT2D eigenvalue weighted by atomic mass is 35.5. The van der Waals surface area contributed by atoms with Crippen LogP contribution in [0.4, 0.5) is 0 Å². The van der Waals surface area contributed by atoms with Crippen LogP contribution in [-0.2, 0) is 11.3 Å². The maximum atomic E-state index is 13.0. The Bertz CT molecular complexity index is 459. The fourth-order valence-corrected chi connectivity index (χ4v) is 3.25. The van der Waals surface area contributed by atoms with E-state index in [9.17, 15) is 4.79 Å². The second-order valence-electron chi connectivity index (χ2n) is 5.38. The third kappa shape index (κ3) is 2.91. The summed E-state index contributed by atoms with van der Waals surface area (Å²) in [6, 6.07) is 0. The number of hydrogen-bond acceptors (Lipinski definition) is 3. The van der Waals surface area contributed by atoms with Gasteiger partial charge in [-0.25, -0.2) is 0 Å². The number of carbonyl (C=O) groups excluding carboxylic acids is 1. The summed E-state index contributed by atoms with van der Waals surface area (Å²) in [4.78, 5) is 13.0. The second-order valence-corrected chi connectivity index (χ2v) is 5.79. The van der Waals surface area contributed by atoms with E-state index in [0.29, 0.717) is 23.9 Å². The van der Waals surface area contributed by atoms with Gasteiger partial charge in [0.15, 0.2) is 0 Å². The maximum absolute atomic E-state index is 13.0. The zero-order valence-electron chi connectivity index (χ0n) is 12.3. The molecule has 0 bridgehead atoms. The molecule has 1 aliphatic rings. The Labute approximate surface area is 125 Å². The predicted octanol–water partition coefficient (Wildman–Crippen LogP) is 3.87. The van der Waals surface area contributed by atoms with Gasteiger partial charge in [-0.3, -0.25) is 9.48 Å². The first-order chi connectivity index (χ1) is 9.64. The first kappa shape index (κ1) is 15.5. The van der Waals surface area contributed by atoms with E-state index in [1.807, 2.05) is 6.92 Å². The van der Waals surface area contributed by atoms with E-state index in [2.05, 4.69) is 12.0 Å². The van der Waals surface area contributed by atoms with E-state index >= 15 is 0 Å². The molecule has 1 aromatic rings. The minimum absolute atomic E-state index is 0.00926. The summed E-state index contributed by atoms with van der Waals surface area (Å²) in [5, 5.41) is 4.66. The third-order valence-electron chi connectivity index (χ3n) is 3.94. The van der Waals surface area contributed by atoms with Crippen LogP contribution in [0.15, 0.2) is 6.20 Å². The average Bonchev–Trinajstić information content (AvgIpc) is 2.81. The molecule has 1 saturated carbocycles. The molecule has 1 aromatic heterocycles. The van der Waals surface area contributed by atoms with Crippen LogP contribution in [0, 0.1) is 0 Å². The van der Waals surface area contributed by atoms with Crippen LogP contribution in [0.2, 0.25) is 5.02 Å². The molecule has 0 spiro atoms. The molecular formula is C15H23ClN2O2. The van der Waals surface area contributed by atoms with Crippen molar-refractivity contribution in [3.05, 3.63) is 16.9 Å². The Balaban J connectivity index is 2.34. The molecule has 0 aromatic carbocycles. The average molecular weight is 299 g/mol. The number of nitrogens with zero attached hydrogens (tertiary/aromatic N) is 2. The van der Waals surface area contributed by atoms with Crippen molar-refractivity contribution in [2.75, 3.05) is 6.61 Å². The van der Waals surface area contributed by atoms with E-state index in [0.717, 1.165) is 32.1 Å². The van der Waals surface area contributed by atoms with Crippen molar-refractivity contribution in [1.29, 1.82) is 0 Å². The molecule has 0 radical (unpaired) electrons. The summed E-state index contributed by atoms with van der Waals surface area (Å²) in [7, 11) is 0. The lowest BCUT2D eigenvalue weighted by atomic mass is 9.80. The van der Waals surface area contributed by atoms with Crippen molar-refractivity contribution in [1.82, 2.24) is 9.78 Å². The van der Waals surface area contributed by atoms with Crippen LogP contribution in [0.5, 0.6) is 0 Å². The fraction of sp³-hybridized carbons (Fsp3) is 0.733. The first-order valence-corrected chi connectivity index (χ1v) is 7.92. The normalized spacial score (nSPS) is 18.1. The molecular weight excluding hydrogens is 276 g/mol. The van der Waals surface area contributed by atoms with Gasteiger partial charge in [0.1, 0.15) is 11.3 Å². The Morgan fingerprint density at radius 2 is 2.10 bits per heavy atom. The molecule has 20 heavy (non-hydrogen) atoms. The van der Waals surface area contributed by atoms with Crippen molar-refractivity contribution in [3.63, 3.8) is 0 Å². The van der Waals surface area contributed by atoms with Crippen LogP contribution >= 0.6 is 11.6 Å². The number of hydrogen-bond donors (Lipinski definition) is 0. The molecule has 1 aliphatic carbocycles. The van der Waals surface area contributed by atoms with Gasteiger partial charge in [0, 0.05) is 13.2 Å². The Morgan fingerprint density at radius 1 is 1.40 bits per heavy atom. The molecule has 2 rings (SSSR count). The number of rotatable bonds is 6. The van der Waals surface area contributed by atoms with Crippen LogP contribution in [0.1, 0.15) is 62.9 Å². The highest BCUT2D eigenvalue weighted by Gasteiger charge is 2.42. The molecule has 5 heteroatoms. The SMILES string of the molecule is CCCn1ncc(Cl)c1C(=O)C1(OCC)CCCCC1. The predicted molar refractivity (Wildman–Crippen MR) is 79.3 cm³/mol. The van der Waals surface area contributed by atoms with Gasteiger partial charge in [0.05, 0.1) is 11.2 Å². The highest BCUT2D eigenvalue weighted by molar-refractivity contribution is 6.34. The second kappa shape index (κ2) is 6.72. The molecule has 1 fully saturated rings. The van der Waals surface area contributed by atoms with Crippen molar-refractivity contribution >= 4 is 17.4 Å². The van der Waals surface area contributed by atoms with E-state index in [1.165, 1.54) is 6.42 Å². The number of ether oxygens (including phenoxy) is 1. The quantitative estimate of drug-likeness (QED) is 0.749. The molecule has 4 nitrogen and oxygen atoms in total. The van der Waals surface area contributed by atoms with Gasteiger partial charge in [-0.1, -0.05) is 37.8 Å². The largest absolute Gasteiger partial charge is 0.367 e. The zero-order valence-corrected chi connectivity index (χ0v) is 13.1. The van der Waals surface area contributed by atoms with E-state index in [4.69, 9.17) is 16.3 Å². The van der Waals surface area contributed by atoms with Crippen LogP contribution in [0.25, 0.3) is 0 Å². The lowest BCUT2D eigenvalue weighted by molar-refractivity contribution is -0.0417. The molecule has 112 valence electrons. The van der Waals surface area contributed by atoms with E-state index in [-0.39, 0.29) is 5.78 Å². The summed E-state index contributed by atoms with van der Waals surface area (Å²) in [5.41, 5.74) is -0.175. The minimum atomic E-state index is -0.692. The topological polar surface area (TPSA) is 44.1 Å². The summed E-state index contributed by atoms with van der Waals surface area (Å²) in [5.74, 6) is 0.00926. The van der Waals surface area contributed by atoms with Crippen LogP contribution < -0.4 is 0 Å². The van der Waals surface area contributed by atoms with Crippen molar-refractivity contribution in [3.8, 4) is 0 Å². The molecule has 1 heterocycles. The third-order valence-corrected chi connectivity index (χ3v) is 4.22. The van der Waals surface area contributed by atoms with Gasteiger partial charge in [-0.15, -0.1) is 0 Å². The molecule has 0 saturated heterocycles. The summed E-state index contributed by atoms with van der Waals surface area (Å²) in [6.45, 7) is 5.25. The van der Waals surface area contributed by atoms with Crippen molar-refractivity contribution in [2.45, 2.75) is 64.5 Å². The number of halogens is 1.